The Morgan fingerprint density at radius 2 is 1.73 bits per heavy atom. The number of rotatable bonds is 7. The van der Waals surface area contributed by atoms with Gasteiger partial charge in [0.2, 0.25) is 11.8 Å². The van der Waals surface area contributed by atoms with Crippen LogP contribution in [0.25, 0.3) is 0 Å². The number of hydrogen-bond acceptors (Lipinski definition) is 2. The highest BCUT2D eigenvalue weighted by Gasteiger charge is 2.56. The minimum absolute atomic E-state index is 0.215. The standard InChI is InChI=1S/C20H20Cl2N2O2/c21-15-8-9-17(16(22)13-15)24-19(26)20(10-11-20)18(25)23-12-4-7-14-5-2-1-3-6-14/h1-3,5-6,8-9,13H,4,7,10-12H2,(H,23,25)(H,24,26). The summed E-state index contributed by atoms with van der Waals surface area (Å²) in [5.74, 6) is -0.532. The van der Waals surface area contributed by atoms with Gasteiger partial charge in [0.1, 0.15) is 5.41 Å². The van der Waals surface area contributed by atoms with Crippen LogP contribution >= 0.6 is 23.2 Å². The van der Waals surface area contributed by atoms with Gasteiger partial charge in [0.15, 0.2) is 0 Å². The second-order valence-corrected chi connectivity index (χ2v) is 7.35. The molecule has 1 aliphatic carbocycles. The Morgan fingerprint density at radius 3 is 2.38 bits per heavy atom. The van der Waals surface area contributed by atoms with Crippen molar-refractivity contribution >= 4 is 40.7 Å². The van der Waals surface area contributed by atoms with Crippen LogP contribution in [0.1, 0.15) is 24.8 Å². The van der Waals surface area contributed by atoms with Crippen molar-refractivity contribution in [2.45, 2.75) is 25.7 Å². The van der Waals surface area contributed by atoms with Gasteiger partial charge in [-0.15, -0.1) is 0 Å². The SMILES string of the molecule is O=C(NCCCc1ccccc1)C1(C(=O)Nc2ccc(Cl)cc2Cl)CC1. The molecule has 0 spiro atoms. The molecule has 0 aliphatic heterocycles. The molecule has 1 aliphatic rings. The fourth-order valence-electron chi connectivity index (χ4n) is 2.82. The van der Waals surface area contributed by atoms with Crippen LogP contribution in [-0.4, -0.2) is 18.4 Å². The second-order valence-electron chi connectivity index (χ2n) is 6.51. The Kier molecular flexibility index (Phi) is 5.84. The van der Waals surface area contributed by atoms with Crippen LogP contribution in [0.4, 0.5) is 5.69 Å². The van der Waals surface area contributed by atoms with Crippen LogP contribution in [0, 0.1) is 5.41 Å². The first-order valence-corrected chi connectivity index (χ1v) is 9.36. The number of hydrogen-bond donors (Lipinski definition) is 2. The summed E-state index contributed by atoms with van der Waals surface area (Å²) in [6.45, 7) is 0.546. The van der Waals surface area contributed by atoms with E-state index in [1.807, 2.05) is 18.2 Å². The van der Waals surface area contributed by atoms with E-state index in [-0.39, 0.29) is 11.8 Å². The van der Waals surface area contributed by atoms with Crippen molar-refractivity contribution in [1.82, 2.24) is 5.32 Å². The Labute approximate surface area is 162 Å². The number of benzene rings is 2. The summed E-state index contributed by atoms with van der Waals surface area (Å²) in [5, 5.41) is 6.48. The monoisotopic (exact) mass is 390 g/mol. The van der Waals surface area contributed by atoms with Gasteiger partial charge in [0.25, 0.3) is 0 Å². The van der Waals surface area contributed by atoms with E-state index in [0.29, 0.717) is 35.1 Å². The molecule has 0 heterocycles. The summed E-state index contributed by atoms with van der Waals surface area (Å²) in [4.78, 5) is 25.0. The molecular weight excluding hydrogens is 371 g/mol. The minimum Gasteiger partial charge on any atom is -0.355 e. The zero-order valence-corrected chi connectivity index (χ0v) is 15.7. The Hall–Kier alpha value is -2.04. The Morgan fingerprint density at radius 1 is 1.00 bits per heavy atom. The summed E-state index contributed by atoms with van der Waals surface area (Å²) in [5.41, 5.74) is 0.720. The summed E-state index contributed by atoms with van der Waals surface area (Å²) < 4.78 is 0. The molecule has 2 N–H and O–H groups in total. The van der Waals surface area contributed by atoms with E-state index in [2.05, 4.69) is 22.8 Å². The van der Waals surface area contributed by atoms with E-state index in [4.69, 9.17) is 23.2 Å². The number of aryl methyl sites for hydroxylation is 1. The first kappa shape index (κ1) is 18.7. The lowest BCUT2D eigenvalue weighted by Gasteiger charge is -2.16. The van der Waals surface area contributed by atoms with Gasteiger partial charge >= 0.3 is 0 Å². The molecule has 0 bridgehead atoms. The number of carbonyl (C=O) groups is 2. The first-order valence-electron chi connectivity index (χ1n) is 8.60. The molecule has 0 aromatic heterocycles. The van der Waals surface area contributed by atoms with Gasteiger partial charge in [0.05, 0.1) is 10.7 Å². The molecule has 3 rings (SSSR count). The maximum Gasteiger partial charge on any atom is 0.240 e. The molecule has 0 atom stereocenters. The summed E-state index contributed by atoms with van der Waals surface area (Å²) >= 11 is 11.9. The molecule has 2 aromatic rings. The van der Waals surface area contributed by atoms with Crippen LogP contribution in [0.15, 0.2) is 48.5 Å². The van der Waals surface area contributed by atoms with Gasteiger partial charge in [-0.1, -0.05) is 53.5 Å². The molecule has 2 aromatic carbocycles. The van der Waals surface area contributed by atoms with Crippen molar-refractivity contribution in [2.75, 3.05) is 11.9 Å². The lowest BCUT2D eigenvalue weighted by atomic mass is 10.0. The van der Waals surface area contributed by atoms with E-state index >= 15 is 0 Å². The average Bonchev–Trinajstić information content (AvgIpc) is 3.44. The highest BCUT2D eigenvalue weighted by molar-refractivity contribution is 6.36. The number of anilines is 1. The van der Waals surface area contributed by atoms with Crippen molar-refractivity contribution in [1.29, 1.82) is 0 Å². The van der Waals surface area contributed by atoms with E-state index in [1.54, 1.807) is 18.2 Å². The van der Waals surface area contributed by atoms with E-state index in [1.165, 1.54) is 5.56 Å². The summed E-state index contributed by atoms with van der Waals surface area (Å²) in [6.07, 6.45) is 2.82. The van der Waals surface area contributed by atoms with Gasteiger partial charge in [-0.3, -0.25) is 9.59 Å². The third-order valence-electron chi connectivity index (χ3n) is 4.57. The zero-order valence-electron chi connectivity index (χ0n) is 14.2. The van der Waals surface area contributed by atoms with E-state index < -0.39 is 5.41 Å². The second kappa shape index (κ2) is 8.11. The van der Waals surface area contributed by atoms with Gasteiger partial charge < -0.3 is 10.6 Å². The molecule has 4 nitrogen and oxygen atoms in total. The van der Waals surface area contributed by atoms with Gasteiger partial charge in [-0.05, 0) is 49.4 Å². The maximum absolute atomic E-state index is 12.6. The molecule has 1 saturated carbocycles. The Bertz CT molecular complexity index is 805. The van der Waals surface area contributed by atoms with Crippen LogP contribution in [0.3, 0.4) is 0 Å². The largest absolute Gasteiger partial charge is 0.355 e. The van der Waals surface area contributed by atoms with Gasteiger partial charge in [0, 0.05) is 11.6 Å². The molecule has 26 heavy (non-hydrogen) atoms. The summed E-state index contributed by atoms with van der Waals surface area (Å²) in [6, 6.07) is 14.9. The quantitative estimate of drug-likeness (QED) is 0.541. The predicted molar refractivity (Wildman–Crippen MR) is 105 cm³/mol. The van der Waals surface area contributed by atoms with Gasteiger partial charge in [-0.25, -0.2) is 0 Å². The minimum atomic E-state index is -0.976. The lowest BCUT2D eigenvalue weighted by molar-refractivity contribution is -0.134. The fourth-order valence-corrected chi connectivity index (χ4v) is 3.28. The topological polar surface area (TPSA) is 58.2 Å². The number of amides is 2. The summed E-state index contributed by atoms with van der Waals surface area (Å²) in [7, 11) is 0. The lowest BCUT2D eigenvalue weighted by Crippen LogP contribution is -2.40. The molecule has 0 saturated heterocycles. The first-order chi connectivity index (χ1) is 12.5. The molecule has 136 valence electrons. The molecule has 0 unspecified atom stereocenters. The molecule has 0 radical (unpaired) electrons. The molecule has 1 fully saturated rings. The maximum atomic E-state index is 12.6. The highest BCUT2D eigenvalue weighted by Crippen LogP contribution is 2.47. The normalized spacial score (nSPS) is 14.5. The van der Waals surface area contributed by atoms with Gasteiger partial charge in [-0.2, -0.15) is 0 Å². The van der Waals surface area contributed by atoms with Crippen molar-refractivity contribution in [3.05, 3.63) is 64.1 Å². The number of halogens is 2. The van der Waals surface area contributed by atoms with Crippen LogP contribution < -0.4 is 10.6 Å². The highest BCUT2D eigenvalue weighted by atomic mass is 35.5. The van der Waals surface area contributed by atoms with Crippen LogP contribution in [-0.2, 0) is 16.0 Å². The predicted octanol–water partition coefficient (Wildman–Crippen LogP) is 4.46. The average molecular weight is 391 g/mol. The third kappa shape index (κ3) is 4.37. The zero-order chi connectivity index (χ0) is 18.6. The van der Waals surface area contributed by atoms with E-state index in [9.17, 15) is 9.59 Å². The smallest absolute Gasteiger partial charge is 0.240 e. The van der Waals surface area contributed by atoms with Crippen molar-refractivity contribution < 1.29 is 9.59 Å². The van der Waals surface area contributed by atoms with Crippen LogP contribution in [0.2, 0.25) is 10.0 Å². The van der Waals surface area contributed by atoms with E-state index in [0.717, 1.165) is 12.8 Å². The third-order valence-corrected chi connectivity index (χ3v) is 5.12. The van der Waals surface area contributed by atoms with Crippen molar-refractivity contribution in [3.63, 3.8) is 0 Å². The number of carbonyl (C=O) groups excluding carboxylic acids is 2. The molecule has 6 heteroatoms. The van der Waals surface area contributed by atoms with Crippen molar-refractivity contribution in [3.8, 4) is 0 Å². The fraction of sp³-hybridized carbons (Fsp3) is 0.300. The van der Waals surface area contributed by atoms with Crippen LogP contribution in [0.5, 0.6) is 0 Å². The molecular formula is C20H20Cl2N2O2. The van der Waals surface area contributed by atoms with Crippen molar-refractivity contribution in [2.24, 2.45) is 5.41 Å². The number of nitrogens with one attached hydrogen (secondary N) is 2. The Balaban J connectivity index is 1.51. The molecule has 2 amide bonds.